The molecular formula is C16H21FN4S. The molecule has 0 saturated carbocycles. The van der Waals surface area contributed by atoms with Gasteiger partial charge >= 0.3 is 0 Å². The Morgan fingerprint density at radius 2 is 2.05 bits per heavy atom. The number of hydrogen-bond donors (Lipinski definition) is 2. The molecule has 0 aliphatic carbocycles. The van der Waals surface area contributed by atoms with Crippen LogP contribution in [0.15, 0.2) is 29.3 Å². The van der Waals surface area contributed by atoms with E-state index in [4.69, 9.17) is 0 Å². The van der Waals surface area contributed by atoms with Gasteiger partial charge < -0.3 is 10.6 Å². The first-order chi connectivity index (χ1) is 10.6. The van der Waals surface area contributed by atoms with Crippen LogP contribution in [0.5, 0.6) is 0 Å². The van der Waals surface area contributed by atoms with Crippen molar-refractivity contribution in [2.24, 2.45) is 4.99 Å². The summed E-state index contributed by atoms with van der Waals surface area (Å²) in [5, 5.41) is 7.45. The van der Waals surface area contributed by atoms with E-state index in [-0.39, 0.29) is 5.82 Å². The summed E-state index contributed by atoms with van der Waals surface area (Å²) in [7, 11) is 1.70. The molecule has 1 aromatic carbocycles. The van der Waals surface area contributed by atoms with Crippen LogP contribution >= 0.6 is 11.3 Å². The van der Waals surface area contributed by atoms with Crippen molar-refractivity contribution in [3.8, 4) is 0 Å². The molecule has 1 aromatic heterocycles. The number of benzene rings is 1. The van der Waals surface area contributed by atoms with Gasteiger partial charge in [0.2, 0.25) is 0 Å². The molecule has 1 heterocycles. The zero-order chi connectivity index (χ0) is 15.9. The lowest BCUT2D eigenvalue weighted by molar-refractivity contribution is 0.604. The van der Waals surface area contributed by atoms with Crippen molar-refractivity contribution in [1.82, 2.24) is 15.6 Å². The Kier molecular flexibility index (Phi) is 5.89. The van der Waals surface area contributed by atoms with Crippen LogP contribution in [0.25, 0.3) is 0 Å². The highest BCUT2D eigenvalue weighted by Gasteiger charge is 2.05. The number of nitrogens with zero attached hydrogens (tertiary/aromatic N) is 2. The number of aromatic nitrogens is 1. The maximum absolute atomic E-state index is 13.6. The highest BCUT2D eigenvalue weighted by atomic mass is 32.1. The molecule has 2 rings (SSSR count). The number of halogens is 1. The highest BCUT2D eigenvalue weighted by molar-refractivity contribution is 7.11. The lowest BCUT2D eigenvalue weighted by Crippen LogP contribution is -2.38. The molecular weight excluding hydrogens is 299 g/mol. The third-order valence-electron chi connectivity index (χ3n) is 3.33. The van der Waals surface area contributed by atoms with E-state index >= 15 is 0 Å². The van der Waals surface area contributed by atoms with E-state index in [1.807, 2.05) is 13.0 Å². The molecule has 0 fully saturated rings. The second kappa shape index (κ2) is 7.89. The van der Waals surface area contributed by atoms with E-state index in [1.165, 1.54) is 10.9 Å². The molecule has 6 heteroatoms. The Labute approximate surface area is 134 Å². The maximum atomic E-state index is 13.6. The third kappa shape index (κ3) is 4.53. The predicted octanol–water partition coefficient (Wildman–Crippen LogP) is 2.81. The van der Waals surface area contributed by atoms with Crippen LogP contribution in [-0.2, 0) is 13.0 Å². The summed E-state index contributed by atoms with van der Waals surface area (Å²) in [6, 6.07) is 6.73. The van der Waals surface area contributed by atoms with Crippen molar-refractivity contribution < 1.29 is 4.39 Å². The van der Waals surface area contributed by atoms with Crippen molar-refractivity contribution >= 4 is 17.3 Å². The standard InChI is InChI=1S/C16H21FN4S/c1-11-12(2)22-15(21-11)8-9-19-16(18-3)20-10-13-6-4-5-7-14(13)17/h4-7H,8-10H2,1-3H3,(H2,18,19,20). The van der Waals surface area contributed by atoms with Gasteiger partial charge in [-0.15, -0.1) is 11.3 Å². The van der Waals surface area contributed by atoms with E-state index in [0.29, 0.717) is 18.1 Å². The number of rotatable bonds is 5. The Hall–Kier alpha value is -1.95. The van der Waals surface area contributed by atoms with Crippen molar-refractivity contribution in [3.05, 3.63) is 51.2 Å². The van der Waals surface area contributed by atoms with Gasteiger partial charge in [-0.05, 0) is 19.9 Å². The third-order valence-corrected chi connectivity index (χ3v) is 4.46. The van der Waals surface area contributed by atoms with Gasteiger partial charge in [-0.25, -0.2) is 9.37 Å². The van der Waals surface area contributed by atoms with Crippen LogP contribution in [0.3, 0.4) is 0 Å². The minimum absolute atomic E-state index is 0.209. The minimum Gasteiger partial charge on any atom is -0.356 e. The van der Waals surface area contributed by atoms with Crippen LogP contribution in [0.4, 0.5) is 4.39 Å². The molecule has 22 heavy (non-hydrogen) atoms. The van der Waals surface area contributed by atoms with Gasteiger partial charge in [0.25, 0.3) is 0 Å². The quantitative estimate of drug-likeness (QED) is 0.658. The molecule has 0 bridgehead atoms. The average Bonchev–Trinajstić information content (AvgIpc) is 2.82. The number of thiazole rings is 1. The maximum Gasteiger partial charge on any atom is 0.191 e. The van der Waals surface area contributed by atoms with E-state index in [0.717, 1.165) is 23.7 Å². The fraction of sp³-hybridized carbons (Fsp3) is 0.375. The number of aryl methyl sites for hydroxylation is 2. The summed E-state index contributed by atoms with van der Waals surface area (Å²) < 4.78 is 13.6. The lowest BCUT2D eigenvalue weighted by atomic mass is 10.2. The number of nitrogens with one attached hydrogen (secondary N) is 2. The number of aliphatic imine (C=N–C) groups is 1. The Morgan fingerprint density at radius 3 is 2.68 bits per heavy atom. The van der Waals surface area contributed by atoms with Crippen molar-refractivity contribution in [3.63, 3.8) is 0 Å². The Balaban J connectivity index is 1.79. The zero-order valence-corrected chi connectivity index (χ0v) is 13.9. The summed E-state index contributed by atoms with van der Waals surface area (Å²) in [6.07, 6.45) is 0.847. The summed E-state index contributed by atoms with van der Waals surface area (Å²) in [4.78, 5) is 9.91. The fourth-order valence-electron chi connectivity index (χ4n) is 1.98. The number of hydrogen-bond acceptors (Lipinski definition) is 3. The highest BCUT2D eigenvalue weighted by Crippen LogP contribution is 2.16. The molecule has 0 amide bonds. The van der Waals surface area contributed by atoms with Gasteiger partial charge in [-0.2, -0.15) is 0 Å². The van der Waals surface area contributed by atoms with Crippen LogP contribution < -0.4 is 10.6 Å². The van der Waals surface area contributed by atoms with Crippen molar-refractivity contribution in [1.29, 1.82) is 0 Å². The van der Waals surface area contributed by atoms with Crippen molar-refractivity contribution in [2.45, 2.75) is 26.8 Å². The summed E-state index contributed by atoms with van der Waals surface area (Å²) in [6.45, 7) is 5.25. The van der Waals surface area contributed by atoms with Gasteiger partial charge in [0.05, 0.1) is 10.7 Å². The average molecular weight is 320 g/mol. The molecule has 0 radical (unpaired) electrons. The molecule has 0 unspecified atom stereocenters. The van der Waals surface area contributed by atoms with Crippen LogP contribution in [0.1, 0.15) is 21.1 Å². The first-order valence-corrected chi connectivity index (χ1v) is 8.02. The molecule has 0 atom stereocenters. The smallest absolute Gasteiger partial charge is 0.191 e. The molecule has 0 spiro atoms. The van der Waals surface area contributed by atoms with Gasteiger partial charge in [-0.1, -0.05) is 18.2 Å². The van der Waals surface area contributed by atoms with E-state index in [9.17, 15) is 4.39 Å². The summed E-state index contributed by atoms with van der Waals surface area (Å²) in [5.74, 6) is 0.451. The largest absolute Gasteiger partial charge is 0.356 e. The second-order valence-electron chi connectivity index (χ2n) is 4.94. The number of guanidine groups is 1. The Morgan fingerprint density at radius 1 is 1.27 bits per heavy atom. The molecule has 2 N–H and O–H groups in total. The molecule has 0 aliphatic heterocycles. The minimum atomic E-state index is -0.209. The second-order valence-corrected chi connectivity index (χ2v) is 6.23. The first-order valence-electron chi connectivity index (χ1n) is 7.21. The van der Waals surface area contributed by atoms with Crippen LogP contribution in [0.2, 0.25) is 0 Å². The molecule has 118 valence electrons. The monoisotopic (exact) mass is 320 g/mol. The van der Waals surface area contributed by atoms with Gasteiger partial charge in [0.1, 0.15) is 5.82 Å². The summed E-state index contributed by atoms with van der Waals surface area (Å²) in [5.41, 5.74) is 1.72. The predicted molar refractivity (Wildman–Crippen MR) is 89.9 cm³/mol. The van der Waals surface area contributed by atoms with E-state index in [2.05, 4.69) is 27.5 Å². The SMILES string of the molecule is CN=C(NCCc1nc(C)c(C)s1)NCc1ccccc1F. The lowest BCUT2D eigenvalue weighted by Gasteiger charge is -2.11. The van der Waals surface area contributed by atoms with E-state index < -0.39 is 0 Å². The van der Waals surface area contributed by atoms with Crippen LogP contribution in [0, 0.1) is 19.7 Å². The fourth-order valence-corrected chi connectivity index (χ4v) is 2.91. The van der Waals surface area contributed by atoms with E-state index in [1.54, 1.807) is 30.5 Å². The first kappa shape index (κ1) is 16.4. The van der Waals surface area contributed by atoms with Crippen LogP contribution in [-0.4, -0.2) is 24.5 Å². The topological polar surface area (TPSA) is 49.3 Å². The summed E-state index contributed by atoms with van der Waals surface area (Å²) >= 11 is 1.72. The molecule has 2 aromatic rings. The normalized spacial score (nSPS) is 11.5. The van der Waals surface area contributed by atoms with Crippen molar-refractivity contribution in [2.75, 3.05) is 13.6 Å². The van der Waals surface area contributed by atoms with Gasteiger partial charge in [0, 0.05) is 37.0 Å². The van der Waals surface area contributed by atoms with Gasteiger partial charge in [-0.3, -0.25) is 4.99 Å². The zero-order valence-electron chi connectivity index (χ0n) is 13.1. The molecule has 0 saturated heterocycles. The molecule has 0 aliphatic rings. The Bertz CT molecular complexity index is 632. The van der Waals surface area contributed by atoms with Gasteiger partial charge in [0.15, 0.2) is 5.96 Å². The molecule has 4 nitrogen and oxygen atoms in total.